The molecule has 192 valence electrons. The van der Waals surface area contributed by atoms with Crippen LogP contribution in [0.5, 0.6) is 23.0 Å². The summed E-state index contributed by atoms with van der Waals surface area (Å²) in [6.07, 6.45) is 0.589. The van der Waals surface area contributed by atoms with Gasteiger partial charge in [-0.2, -0.15) is 0 Å². The van der Waals surface area contributed by atoms with Crippen LogP contribution < -0.4 is 18.9 Å². The minimum absolute atomic E-state index is 0.179. The van der Waals surface area contributed by atoms with Gasteiger partial charge in [-0.3, -0.25) is 4.79 Å². The van der Waals surface area contributed by atoms with Gasteiger partial charge in [0.2, 0.25) is 0 Å². The third kappa shape index (κ3) is 6.06. The number of carbonyl (C=O) groups is 1. The number of methoxy groups -OCH3 is 4. The second-order valence-corrected chi connectivity index (χ2v) is 8.76. The molecule has 1 heterocycles. The topological polar surface area (TPSA) is 70.1 Å². The van der Waals surface area contributed by atoms with Gasteiger partial charge in [-0.1, -0.05) is 35.9 Å². The lowest BCUT2D eigenvalue weighted by molar-refractivity contribution is 0.0744. The molecule has 0 N–H and O–H groups in total. The highest BCUT2D eigenvalue weighted by Gasteiger charge is 2.20. The van der Waals surface area contributed by atoms with Gasteiger partial charge in [0.15, 0.2) is 11.5 Å². The third-order valence-electron chi connectivity index (χ3n) is 6.12. The quantitative estimate of drug-likeness (QED) is 0.246. The highest BCUT2D eigenvalue weighted by atomic mass is 35.5. The molecule has 37 heavy (non-hydrogen) atoms. The van der Waals surface area contributed by atoms with E-state index in [1.54, 1.807) is 51.5 Å². The van der Waals surface area contributed by atoms with Gasteiger partial charge < -0.3 is 23.8 Å². The predicted molar refractivity (Wildman–Crippen MR) is 144 cm³/mol. The Kier molecular flexibility index (Phi) is 8.36. The zero-order valence-corrected chi connectivity index (χ0v) is 22.0. The van der Waals surface area contributed by atoms with Crippen molar-refractivity contribution < 1.29 is 23.7 Å². The van der Waals surface area contributed by atoms with Crippen LogP contribution >= 0.6 is 11.6 Å². The standard InChI is InChI=1S/C29H29ClN2O5/c1-34-23-15-21(16-24(17-23)35-2)29(33)32(12-11-19-9-10-26(36-3)27(13-19)37-4)18-22-14-20-7-5-6-8-25(20)31-28(22)30/h5-10,13-17H,11-12,18H2,1-4H3. The average Bonchev–Trinajstić information content (AvgIpc) is 2.94. The first kappa shape index (κ1) is 26.1. The Balaban J connectivity index is 1.67. The summed E-state index contributed by atoms with van der Waals surface area (Å²) in [6.45, 7) is 0.708. The van der Waals surface area contributed by atoms with Gasteiger partial charge in [0.25, 0.3) is 5.91 Å². The Morgan fingerprint density at radius 3 is 2.22 bits per heavy atom. The fourth-order valence-electron chi connectivity index (χ4n) is 4.12. The van der Waals surface area contributed by atoms with E-state index in [4.69, 9.17) is 30.5 Å². The number of aromatic nitrogens is 1. The summed E-state index contributed by atoms with van der Waals surface area (Å²) in [5.41, 5.74) is 3.02. The molecule has 4 aromatic rings. The summed E-state index contributed by atoms with van der Waals surface area (Å²) in [4.78, 5) is 20.1. The number of ether oxygens (including phenoxy) is 4. The van der Waals surface area contributed by atoms with Gasteiger partial charge in [0.1, 0.15) is 16.7 Å². The Morgan fingerprint density at radius 1 is 0.838 bits per heavy atom. The maximum Gasteiger partial charge on any atom is 0.254 e. The van der Waals surface area contributed by atoms with Crippen LogP contribution in [0.1, 0.15) is 21.5 Å². The fraction of sp³-hybridized carbons (Fsp3) is 0.241. The zero-order valence-electron chi connectivity index (χ0n) is 21.3. The van der Waals surface area contributed by atoms with Crippen molar-refractivity contribution in [2.24, 2.45) is 0 Å². The molecule has 3 aromatic carbocycles. The van der Waals surface area contributed by atoms with Gasteiger partial charge in [-0.05, 0) is 48.4 Å². The van der Waals surface area contributed by atoms with Crippen LogP contribution in [0, 0.1) is 0 Å². The van der Waals surface area contributed by atoms with Crippen molar-refractivity contribution in [3.05, 3.63) is 88.6 Å². The minimum atomic E-state index is -0.179. The molecule has 0 spiro atoms. The Morgan fingerprint density at radius 2 is 1.54 bits per heavy atom. The second-order valence-electron chi connectivity index (χ2n) is 8.40. The maximum absolute atomic E-state index is 13.8. The summed E-state index contributed by atoms with van der Waals surface area (Å²) in [7, 11) is 6.31. The summed E-state index contributed by atoms with van der Waals surface area (Å²) in [6, 6.07) is 20.6. The number of hydrogen-bond donors (Lipinski definition) is 0. The number of hydrogen-bond acceptors (Lipinski definition) is 6. The van der Waals surface area contributed by atoms with Crippen LogP contribution in [0.3, 0.4) is 0 Å². The van der Waals surface area contributed by atoms with E-state index in [1.165, 1.54) is 0 Å². The number of fused-ring (bicyclic) bond motifs is 1. The maximum atomic E-state index is 13.8. The number of carbonyl (C=O) groups excluding carboxylic acids is 1. The van der Waals surface area contributed by atoms with Crippen molar-refractivity contribution in [2.45, 2.75) is 13.0 Å². The van der Waals surface area contributed by atoms with Crippen molar-refractivity contribution in [2.75, 3.05) is 35.0 Å². The van der Waals surface area contributed by atoms with E-state index in [-0.39, 0.29) is 12.5 Å². The average molecular weight is 521 g/mol. The molecule has 0 aliphatic heterocycles. The number of para-hydroxylation sites is 1. The normalized spacial score (nSPS) is 10.7. The minimum Gasteiger partial charge on any atom is -0.497 e. The lowest BCUT2D eigenvalue weighted by Gasteiger charge is -2.24. The van der Waals surface area contributed by atoms with E-state index in [0.29, 0.717) is 46.7 Å². The zero-order chi connectivity index (χ0) is 26.4. The molecule has 0 saturated heterocycles. The van der Waals surface area contributed by atoms with Crippen molar-refractivity contribution in [3.63, 3.8) is 0 Å². The Bertz CT molecular complexity index is 1390. The van der Waals surface area contributed by atoms with Crippen LogP contribution in [0.15, 0.2) is 66.7 Å². The molecule has 1 aromatic heterocycles. The number of benzene rings is 3. The van der Waals surface area contributed by atoms with Gasteiger partial charge in [-0.15, -0.1) is 0 Å². The molecule has 1 amide bonds. The van der Waals surface area contributed by atoms with E-state index in [9.17, 15) is 4.79 Å². The highest BCUT2D eigenvalue weighted by Crippen LogP contribution is 2.29. The largest absolute Gasteiger partial charge is 0.497 e. The lowest BCUT2D eigenvalue weighted by Crippen LogP contribution is -2.32. The van der Waals surface area contributed by atoms with E-state index in [2.05, 4.69) is 4.98 Å². The summed E-state index contributed by atoms with van der Waals surface area (Å²) in [5, 5.41) is 1.32. The molecule has 8 heteroatoms. The highest BCUT2D eigenvalue weighted by molar-refractivity contribution is 6.30. The van der Waals surface area contributed by atoms with Gasteiger partial charge in [0.05, 0.1) is 34.0 Å². The molecule has 0 saturated carbocycles. The molecule has 0 atom stereocenters. The molecule has 0 aliphatic rings. The van der Waals surface area contributed by atoms with Gasteiger partial charge >= 0.3 is 0 Å². The number of amides is 1. The molecule has 0 unspecified atom stereocenters. The number of halogens is 1. The van der Waals surface area contributed by atoms with Crippen molar-refractivity contribution in [3.8, 4) is 23.0 Å². The number of pyridine rings is 1. The first-order valence-electron chi connectivity index (χ1n) is 11.7. The van der Waals surface area contributed by atoms with E-state index < -0.39 is 0 Å². The van der Waals surface area contributed by atoms with E-state index >= 15 is 0 Å². The summed E-state index contributed by atoms with van der Waals surface area (Å²) >= 11 is 6.56. The summed E-state index contributed by atoms with van der Waals surface area (Å²) in [5.74, 6) is 2.18. The SMILES string of the molecule is COc1cc(OC)cc(C(=O)N(CCc2ccc(OC)c(OC)c2)Cc2cc3ccccc3nc2Cl)c1. The molecule has 0 aliphatic carbocycles. The predicted octanol–water partition coefficient (Wildman–Crippen LogP) is 5.81. The van der Waals surface area contributed by atoms with Gasteiger partial charge in [-0.25, -0.2) is 4.98 Å². The van der Waals surface area contributed by atoms with Crippen molar-refractivity contribution in [1.82, 2.24) is 9.88 Å². The molecular formula is C29H29ClN2O5. The Hall–Kier alpha value is -3.97. The smallest absolute Gasteiger partial charge is 0.254 e. The molecule has 0 bridgehead atoms. The monoisotopic (exact) mass is 520 g/mol. The van der Waals surface area contributed by atoms with Crippen LogP contribution in [0.2, 0.25) is 5.15 Å². The van der Waals surface area contributed by atoms with Gasteiger partial charge in [0, 0.05) is 35.7 Å². The second kappa shape index (κ2) is 11.8. The molecule has 0 fully saturated rings. The van der Waals surface area contributed by atoms with Crippen LogP contribution in [0.4, 0.5) is 0 Å². The van der Waals surface area contributed by atoms with Crippen molar-refractivity contribution >= 4 is 28.4 Å². The third-order valence-corrected chi connectivity index (χ3v) is 6.44. The molecule has 4 rings (SSSR count). The number of rotatable bonds is 10. The Labute approximate surface area is 221 Å². The first-order valence-corrected chi connectivity index (χ1v) is 12.1. The summed E-state index contributed by atoms with van der Waals surface area (Å²) < 4.78 is 21.6. The number of nitrogens with zero attached hydrogens (tertiary/aromatic N) is 2. The first-order chi connectivity index (χ1) is 17.9. The van der Waals surface area contributed by atoms with Crippen LogP contribution in [0.25, 0.3) is 10.9 Å². The van der Waals surface area contributed by atoms with E-state index in [1.807, 2.05) is 48.5 Å². The fourth-order valence-corrected chi connectivity index (χ4v) is 4.32. The lowest BCUT2D eigenvalue weighted by atomic mass is 10.1. The van der Waals surface area contributed by atoms with E-state index in [0.717, 1.165) is 22.0 Å². The molecule has 7 nitrogen and oxygen atoms in total. The van der Waals surface area contributed by atoms with Crippen LogP contribution in [-0.4, -0.2) is 50.8 Å². The molecule has 0 radical (unpaired) electrons. The van der Waals surface area contributed by atoms with Crippen LogP contribution in [-0.2, 0) is 13.0 Å². The van der Waals surface area contributed by atoms with Crippen molar-refractivity contribution in [1.29, 1.82) is 0 Å². The molecular weight excluding hydrogens is 492 g/mol.